The summed E-state index contributed by atoms with van der Waals surface area (Å²) in [5, 5.41) is 7.47. The second-order valence-electron chi connectivity index (χ2n) is 38.4. The van der Waals surface area contributed by atoms with Gasteiger partial charge in [0.1, 0.15) is 11.2 Å². The van der Waals surface area contributed by atoms with E-state index in [1.165, 1.54) is 157 Å². The molecule has 3 aromatic heterocycles. The molecule has 7 heteroatoms. The summed E-state index contributed by atoms with van der Waals surface area (Å²) in [6.45, 7) is 0. The molecule has 0 bridgehead atoms. The Labute approximate surface area is 861 Å². The minimum absolute atomic E-state index is 0.507. The van der Waals surface area contributed by atoms with Crippen LogP contribution < -0.4 is 19.6 Å². The number of para-hydroxylation sites is 5. The Morgan fingerprint density at radius 2 is 0.408 bits per heavy atom. The van der Waals surface area contributed by atoms with Crippen molar-refractivity contribution in [1.82, 2.24) is 0 Å². The van der Waals surface area contributed by atoms with Gasteiger partial charge in [0.2, 0.25) is 0 Å². The minimum atomic E-state index is -0.550. The monoisotopic (exact) mass is 1910 g/mol. The number of furan rings is 1. The SMILES string of the molecule is c1ccc(-c2ccc(N(c3cccc(N(c4ccccc4)c4ccccc4)c3)c3ccc4c(c3)-c3cc(-c5ccc6sc7ccccc7c6c5)ccc3C4(c3ccccc3)c3ccccc3)cc2)cc1.c1ccc(N(c2ccccc2)c2cccc(N(c3ccc(-c4ccc5sc6ccccc6c5c4)cc3)c3ccc4c(c3)-c3cc(-c5ccc6oc7ccccc7c6c5)ccc3C43c4ccccc4-c4ccccc43)c2)cc1. The van der Waals surface area contributed by atoms with Gasteiger partial charge in [-0.05, 0) is 323 Å². The first-order valence-electron chi connectivity index (χ1n) is 50.4. The van der Waals surface area contributed by atoms with Crippen molar-refractivity contribution >= 4 is 153 Å². The Bertz CT molecular complexity index is 9400. The maximum atomic E-state index is 6.32. The number of fused-ring (bicyclic) bond motifs is 22. The normalized spacial score (nSPS) is 12.6. The first kappa shape index (κ1) is 86.4. The number of anilines is 12. The zero-order valence-electron chi connectivity index (χ0n) is 80.1. The third-order valence-electron chi connectivity index (χ3n) is 30.4. The maximum Gasteiger partial charge on any atom is 0.135 e. The number of benzene rings is 23. The van der Waals surface area contributed by atoms with E-state index in [1.54, 1.807) is 0 Å². The van der Waals surface area contributed by atoms with Crippen LogP contribution in [-0.2, 0) is 10.8 Å². The van der Waals surface area contributed by atoms with Crippen molar-refractivity contribution < 1.29 is 4.42 Å². The van der Waals surface area contributed by atoms with E-state index in [9.17, 15) is 0 Å². The molecule has 29 rings (SSSR count). The molecule has 3 aliphatic carbocycles. The van der Waals surface area contributed by atoms with Crippen LogP contribution in [0.2, 0.25) is 0 Å². The highest BCUT2D eigenvalue weighted by Gasteiger charge is 2.52. The molecule has 0 saturated carbocycles. The summed E-state index contributed by atoms with van der Waals surface area (Å²) in [4.78, 5) is 9.56. The van der Waals surface area contributed by atoms with Crippen LogP contribution in [0.1, 0.15) is 44.5 Å². The Kier molecular flexibility index (Phi) is 21.1. The van der Waals surface area contributed by atoms with Gasteiger partial charge < -0.3 is 24.0 Å². The lowest BCUT2D eigenvalue weighted by atomic mass is 9.67. The van der Waals surface area contributed by atoms with Crippen LogP contribution in [-0.4, -0.2) is 0 Å². The predicted molar refractivity (Wildman–Crippen MR) is 620 cm³/mol. The third kappa shape index (κ3) is 14.6. The number of rotatable bonds is 18. The lowest BCUT2D eigenvalue weighted by Gasteiger charge is -2.34. The van der Waals surface area contributed by atoms with Gasteiger partial charge >= 0.3 is 0 Å². The van der Waals surface area contributed by atoms with E-state index in [0.29, 0.717) is 0 Å². The van der Waals surface area contributed by atoms with E-state index < -0.39 is 10.8 Å². The second kappa shape index (κ2) is 35.9. The van der Waals surface area contributed by atoms with Gasteiger partial charge in [-0.25, -0.2) is 0 Å². The molecule has 0 N–H and O–H groups in total. The summed E-state index contributed by atoms with van der Waals surface area (Å²) in [7, 11) is 0. The van der Waals surface area contributed by atoms with E-state index in [-0.39, 0.29) is 0 Å². The van der Waals surface area contributed by atoms with Crippen molar-refractivity contribution in [2.75, 3.05) is 19.6 Å². The molecule has 0 amide bonds. The molecule has 0 unspecified atom stereocenters. The fraction of sp³-hybridized carbons (Fsp3) is 0.0143. The molecule has 0 radical (unpaired) electrons. The van der Waals surface area contributed by atoms with Crippen molar-refractivity contribution in [1.29, 1.82) is 0 Å². The zero-order chi connectivity index (χ0) is 97.0. The fourth-order valence-corrected chi connectivity index (χ4v) is 26.0. The summed E-state index contributed by atoms with van der Waals surface area (Å²) in [5.74, 6) is 0. The van der Waals surface area contributed by atoms with Crippen molar-refractivity contribution in [3.63, 3.8) is 0 Å². The van der Waals surface area contributed by atoms with Crippen molar-refractivity contribution in [3.05, 3.63) is 603 Å². The Balaban J connectivity index is 0.000000143. The second-order valence-corrected chi connectivity index (χ2v) is 40.6. The van der Waals surface area contributed by atoms with Crippen LogP contribution in [0.4, 0.5) is 68.2 Å². The fourth-order valence-electron chi connectivity index (χ4n) is 23.9. The van der Waals surface area contributed by atoms with E-state index in [0.717, 1.165) is 95.8 Å². The highest BCUT2D eigenvalue weighted by atomic mass is 32.1. The molecule has 3 heterocycles. The molecule has 5 nitrogen and oxygen atoms in total. The summed E-state index contributed by atoms with van der Waals surface area (Å²) >= 11 is 3.72. The topological polar surface area (TPSA) is 26.1 Å². The quantitative estimate of drug-likeness (QED) is 0.0853. The molecule has 0 fully saturated rings. The average Bonchev–Trinajstić information content (AvgIpc) is 1.52. The Morgan fingerprint density at radius 1 is 0.143 bits per heavy atom. The molecule has 26 aromatic rings. The minimum Gasteiger partial charge on any atom is -0.456 e. The van der Waals surface area contributed by atoms with Crippen molar-refractivity contribution in [3.8, 4) is 77.9 Å². The lowest BCUT2D eigenvalue weighted by molar-refractivity contribution is 0.669. The highest BCUT2D eigenvalue weighted by molar-refractivity contribution is 7.26. The smallest absolute Gasteiger partial charge is 0.135 e. The van der Waals surface area contributed by atoms with E-state index in [4.69, 9.17) is 4.42 Å². The number of hydrogen-bond acceptors (Lipinski definition) is 7. The van der Waals surface area contributed by atoms with Gasteiger partial charge in [-0.2, -0.15) is 0 Å². The summed E-state index contributed by atoms with van der Waals surface area (Å²) < 4.78 is 11.6. The molecule has 690 valence electrons. The standard InChI is InChI=1S/C73H46N2OS.C67H46N2S/c1-3-16-51(17-4-1)74(52-18-5-2-6-19-52)54-20-15-21-55(45-54)75(53-35-30-47(31-36-53)48-34-41-72-64(44-48)60-25-10-14-29-71(60)77-72)56-37-39-68-62(46-56)61-42-49(50-33-40-70-63(43-50)59-24-9-13-28-69(59)76-70)32-38-67(61)73(68)65-26-11-7-22-57(65)58-23-8-12-27-66(58)73;1-6-19-47(20-7-1)48-33-37-55(38-34-48)69(57-30-18-29-56(45-57)68(53-25-12-4-13-26-53)54-27-14-5-15-28-54)58-39-41-64-61(46-58)60-43-49(50-36-42-66-62(44-50)59-31-16-17-32-65(59)70-66)35-40-63(60)67(64,51-21-8-2-9-22-51)52-23-10-3-11-24-52/h1-46H;1-46H. The van der Waals surface area contributed by atoms with Gasteiger partial charge in [0, 0.05) is 119 Å². The van der Waals surface area contributed by atoms with Gasteiger partial charge in [0.25, 0.3) is 0 Å². The molecule has 1 spiro atoms. The summed E-state index contributed by atoms with van der Waals surface area (Å²) in [5.41, 5.74) is 40.9. The first-order chi connectivity index (χ1) is 72.9. The van der Waals surface area contributed by atoms with Gasteiger partial charge in [-0.3, -0.25) is 0 Å². The number of nitrogens with zero attached hydrogens (tertiary/aromatic N) is 4. The first-order valence-corrected chi connectivity index (χ1v) is 52.0. The Morgan fingerprint density at radius 3 is 0.857 bits per heavy atom. The van der Waals surface area contributed by atoms with Crippen molar-refractivity contribution in [2.24, 2.45) is 0 Å². The molecular formula is C140H92N4OS2. The molecule has 0 atom stereocenters. The zero-order valence-corrected chi connectivity index (χ0v) is 81.8. The maximum absolute atomic E-state index is 6.32. The van der Waals surface area contributed by atoms with E-state index >= 15 is 0 Å². The molecule has 0 saturated heterocycles. The highest BCUT2D eigenvalue weighted by Crippen LogP contribution is 2.65. The number of hydrogen-bond donors (Lipinski definition) is 0. The molecule has 0 aliphatic heterocycles. The van der Waals surface area contributed by atoms with Crippen LogP contribution in [0, 0.1) is 0 Å². The Hall–Kier alpha value is -18.5. The molecule has 147 heavy (non-hydrogen) atoms. The van der Waals surface area contributed by atoms with E-state index in [2.05, 4.69) is 572 Å². The third-order valence-corrected chi connectivity index (χ3v) is 32.7. The van der Waals surface area contributed by atoms with Gasteiger partial charge in [-0.1, -0.05) is 358 Å². The van der Waals surface area contributed by atoms with Crippen molar-refractivity contribution in [2.45, 2.75) is 10.8 Å². The average molecular weight is 1910 g/mol. The summed E-state index contributed by atoms with van der Waals surface area (Å²) in [6, 6.07) is 205. The van der Waals surface area contributed by atoms with Crippen LogP contribution in [0.15, 0.2) is 563 Å². The van der Waals surface area contributed by atoms with Gasteiger partial charge in [0.15, 0.2) is 0 Å². The van der Waals surface area contributed by atoms with Crippen LogP contribution in [0.25, 0.3) is 140 Å². The van der Waals surface area contributed by atoms with Crippen LogP contribution in [0.3, 0.4) is 0 Å². The van der Waals surface area contributed by atoms with Gasteiger partial charge in [0.05, 0.1) is 10.8 Å². The number of thiophene rings is 2. The molecule has 3 aliphatic rings. The van der Waals surface area contributed by atoms with E-state index in [1.807, 2.05) is 28.7 Å². The van der Waals surface area contributed by atoms with Crippen LogP contribution >= 0.6 is 22.7 Å². The van der Waals surface area contributed by atoms with Gasteiger partial charge in [-0.15, -0.1) is 22.7 Å². The largest absolute Gasteiger partial charge is 0.456 e. The lowest BCUT2D eigenvalue weighted by Crippen LogP contribution is -2.28. The summed E-state index contributed by atoms with van der Waals surface area (Å²) in [6.07, 6.45) is 0. The predicted octanol–water partition coefficient (Wildman–Crippen LogP) is 39.3. The molecule has 23 aromatic carbocycles. The molecular weight excluding hydrogens is 1820 g/mol. The van der Waals surface area contributed by atoms with Crippen LogP contribution in [0.5, 0.6) is 0 Å².